The second-order valence-corrected chi connectivity index (χ2v) is 9.65. The Balaban J connectivity index is 1.56. The van der Waals surface area contributed by atoms with Gasteiger partial charge in [0.1, 0.15) is 12.2 Å². The highest BCUT2D eigenvalue weighted by Gasteiger charge is 2.45. The lowest BCUT2D eigenvalue weighted by Crippen LogP contribution is -2.57. The molecular formula is C23H42O5. The molecule has 3 aliphatic rings. The normalized spacial score (nSPS) is 43.2. The summed E-state index contributed by atoms with van der Waals surface area (Å²) in [5, 5.41) is 20.4. The molecule has 0 radical (unpaired) electrons. The van der Waals surface area contributed by atoms with Gasteiger partial charge in [-0.25, -0.2) is 0 Å². The summed E-state index contributed by atoms with van der Waals surface area (Å²) in [6, 6.07) is 0. The highest BCUT2D eigenvalue weighted by atomic mass is 16.7. The monoisotopic (exact) mass is 398 g/mol. The second kappa shape index (κ2) is 10.7. The van der Waals surface area contributed by atoms with Gasteiger partial charge in [-0.15, -0.1) is 0 Å². The van der Waals surface area contributed by atoms with E-state index >= 15 is 0 Å². The van der Waals surface area contributed by atoms with Gasteiger partial charge in [0.15, 0.2) is 6.29 Å². The van der Waals surface area contributed by atoms with Crippen LogP contribution in [-0.2, 0) is 14.2 Å². The van der Waals surface area contributed by atoms with E-state index in [2.05, 4.69) is 13.8 Å². The van der Waals surface area contributed by atoms with Crippen molar-refractivity contribution in [2.45, 2.75) is 109 Å². The third-order valence-electron chi connectivity index (χ3n) is 7.66. The Bertz CT molecular complexity index is 452. The van der Waals surface area contributed by atoms with Gasteiger partial charge in [-0.3, -0.25) is 0 Å². The highest BCUT2D eigenvalue weighted by Crippen LogP contribution is 2.36. The molecule has 0 aromatic heterocycles. The third kappa shape index (κ3) is 5.48. The minimum absolute atomic E-state index is 0.0615. The zero-order valence-corrected chi connectivity index (χ0v) is 18.1. The van der Waals surface area contributed by atoms with Crippen LogP contribution in [0.4, 0.5) is 0 Å². The van der Waals surface area contributed by atoms with Gasteiger partial charge in [0, 0.05) is 12.5 Å². The average molecular weight is 399 g/mol. The van der Waals surface area contributed by atoms with Crippen LogP contribution in [0.2, 0.25) is 0 Å². The van der Waals surface area contributed by atoms with E-state index in [1.54, 1.807) is 0 Å². The summed E-state index contributed by atoms with van der Waals surface area (Å²) in [5.74, 6) is 1.84. The van der Waals surface area contributed by atoms with Crippen molar-refractivity contribution in [1.82, 2.24) is 0 Å². The molecule has 0 spiro atoms. The molecule has 1 heterocycles. The van der Waals surface area contributed by atoms with Crippen LogP contribution in [0, 0.1) is 23.7 Å². The number of aliphatic hydroxyl groups is 2. The average Bonchev–Trinajstić information content (AvgIpc) is 2.70. The van der Waals surface area contributed by atoms with Crippen LogP contribution in [0.1, 0.15) is 78.6 Å². The maximum Gasteiger partial charge on any atom is 0.163 e. The van der Waals surface area contributed by atoms with Crippen molar-refractivity contribution in [3.63, 3.8) is 0 Å². The van der Waals surface area contributed by atoms with Crippen molar-refractivity contribution in [3.05, 3.63) is 0 Å². The molecule has 2 saturated carbocycles. The zero-order chi connectivity index (χ0) is 20.1. The number of aliphatic hydroxyl groups excluding tert-OH is 2. The molecule has 0 amide bonds. The lowest BCUT2D eigenvalue weighted by molar-refractivity contribution is -0.306. The summed E-state index contributed by atoms with van der Waals surface area (Å²) in [7, 11) is 0. The lowest BCUT2D eigenvalue weighted by Gasteiger charge is -2.45. The maximum atomic E-state index is 10.7. The van der Waals surface area contributed by atoms with Crippen LogP contribution in [0.25, 0.3) is 0 Å². The molecule has 3 fully saturated rings. The fraction of sp³-hybridized carbons (Fsp3) is 1.00. The van der Waals surface area contributed by atoms with Crippen molar-refractivity contribution in [3.8, 4) is 0 Å². The highest BCUT2D eigenvalue weighted by molar-refractivity contribution is 4.89. The van der Waals surface area contributed by atoms with Gasteiger partial charge in [0.25, 0.3) is 0 Å². The molecule has 8 atom stereocenters. The first-order valence-corrected chi connectivity index (χ1v) is 11.7. The van der Waals surface area contributed by atoms with Crippen molar-refractivity contribution < 1.29 is 24.4 Å². The van der Waals surface area contributed by atoms with Gasteiger partial charge in [-0.05, 0) is 30.6 Å². The summed E-state index contributed by atoms with van der Waals surface area (Å²) in [5.41, 5.74) is 0. The molecule has 28 heavy (non-hydrogen) atoms. The van der Waals surface area contributed by atoms with Gasteiger partial charge in [-0.2, -0.15) is 0 Å². The SMILES string of the molecule is C[C@H]1[C@H](O[C@@H]2CCC[C@H](C)[C@@H]2C)O[C@H](CO)[C@H](O)[C@@H]1OCCC1CCCCC1. The Morgan fingerprint density at radius 3 is 2.39 bits per heavy atom. The van der Waals surface area contributed by atoms with E-state index in [9.17, 15) is 10.2 Å². The Hall–Kier alpha value is -0.200. The van der Waals surface area contributed by atoms with Crippen LogP contribution < -0.4 is 0 Å². The minimum atomic E-state index is -0.811. The molecule has 0 bridgehead atoms. The summed E-state index contributed by atoms with van der Waals surface area (Å²) in [6.07, 6.45) is 9.13. The molecule has 2 aliphatic carbocycles. The number of ether oxygens (including phenoxy) is 3. The Labute approximate surface area is 171 Å². The molecule has 2 N–H and O–H groups in total. The third-order valence-corrected chi connectivity index (χ3v) is 7.66. The minimum Gasteiger partial charge on any atom is -0.394 e. The van der Waals surface area contributed by atoms with E-state index in [1.807, 2.05) is 6.92 Å². The molecule has 0 unspecified atom stereocenters. The van der Waals surface area contributed by atoms with Gasteiger partial charge >= 0.3 is 0 Å². The Morgan fingerprint density at radius 1 is 0.929 bits per heavy atom. The maximum absolute atomic E-state index is 10.7. The van der Waals surface area contributed by atoms with Crippen LogP contribution in [0.15, 0.2) is 0 Å². The number of rotatable bonds is 7. The fourth-order valence-corrected chi connectivity index (χ4v) is 5.36. The molecule has 5 heteroatoms. The van der Waals surface area contributed by atoms with Crippen LogP contribution in [0.5, 0.6) is 0 Å². The Kier molecular flexibility index (Phi) is 8.61. The van der Waals surface area contributed by atoms with E-state index in [-0.39, 0.29) is 24.7 Å². The van der Waals surface area contributed by atoms with Crippen molar-refractivity contribution in [1.29, 1.82) is 0 Å². The van der Waals surface area contributed by atoms with E-state index in [1.165, 1.54) is 44.9 Å². The van der Waals surface area contributed by atoms with Gasteiger partial charge in [-0.1, -0.05) is 65.7 Å². The molecule has 3 rings (SSSR count). The van der Waals surface area contributed by atoms with Gasteiger partial charge in [0.05, 0.1) is 18.8 Å². The molecule has 5 nitrogen and oxygen atoms in total. The van der Waals surface area contributed by atoms with Gasteiger partial charge < -0.3 is 24.4 Å². The standard InChI is InChI=1S/C23H42O5/c1-15-8-7-11-19(16(15)2)27-23-17(3)22(21(25)20(14-24)28-23)26-13-12-18-9-5-4-6-10-18/h15-25H,4-14H2,1-3H3/t15-,16-,17+,19+,20+,21-,22+,23+/m0/s1. The largest absolute Gasteiger partial charge is 0.394 e. The lowest BCUT2D eigenvalue weighted by atomic mass is 9.79. The van der Waals surface area contributed by atoms with Crippen LogP contribution in [0.3, 0.4) is 0 Å². The summed E-state index contributed by atoms with van der Waals surface area (Å²) in [6.45, 7) is 7.05. The summed E-state index contributed by atoms with van der Waals surface area (Å²) < 4.78 is 18.6. The van der Waals surface area contributed by atoms with Crippen LogP contribution in [-0.4, -0.2) is 54.1 Å². The summed E-state index contributed by atoms with van der Waals surface area (Å²) in [4.78, 5) is 0. The first-order valence-electron chi connectivity index (χ1n) is 11.7. The molecule has 1 aliphatic heterocycles. The van der Waals surface area contributed by atoms with Crippen molar-refractivity contribution >= 4 is 0 Å². The zero-order valence-electron chi connectivity index (χ0n) is 18.1. The fourth-order valence-electron chi connectivity index (χ4n) is 5.36. The number of hydrogen-bond acceptors (Lipinski definition) is 5. The predicted molar refractivity (Wildman–Crippen MR) is 109 cm³/mol. The number of hydrogen-bond donors (Lipinski definition) is 2. The van der Waals surface area contributed by atoms with E-state index in [0.29, 0.717) is 18.4 Å². The molecule has 164 valence electrons. The smallest absolute Gasteiger partial charge is 0.163 e. The van der Waals surface area contributed by atoms with Crippen LogP contribution >= 0.6 is 0 Å². The predicted octanol–water partition coefficient (Wildman–Crippen LogP) is 3.90. The van der Waals surface area contributed by atoms with E-state index in [0.717, 1.165) is 18.8 Å². The van der Waals surface area contributed by atoms with Crippen molar-refractivity contribution in [2.75, 3.05) is 13.2 Å². The first-order chi connectivity index (χ1) is 13.5. The molecule has 0 aromatic rings. The quantitative estimate of drug-likeness (QED) is 0.681. The van der Waals surface area contributed by atoms with Gasteiger partial charge in [0.2, 0.25) is 0 Å². The topological polar surface area (TPSA) is 68.2 Å². The van der Waals surface area contributed by atoms with E-state index in [4.69, 9.17) is 14.2 Å². The molecule has 0 aromatic carbocycles. The summed E-state index contributed by atoms with van der Waals surface area (Å²) >= 11 is 0. The first kappa shape index (κ1) is 22.5. The Morgan fingerprint density at radius 2 is 1.68 bits per heavy atom. The molecular weight excluding hydrogens is 356 g/mol. The van der Waals surface area contributed by atoms with E-state index < -0.39 is 18.5 Å². The second-order valence-electron chi connectivity index (χ2n) is 9.65. The van der Waals surface area contributed by atoms with Crippen molar-refractivity contribution in [2.24, 2.45) is 23.7 Å². The molecule has 1 saturated heterocycles.